The summed E-state index contributed by atoms with van der Waals surface area (Å²) in [6.07, 6.45) is 1.10. The molecule has 1 aliphatic heterocycles. The summed E-state index contributed by atoms with van der Waals surface area (Å²) < 4.78 is 10.1. The van der Waals surface area contributed by atoms with Gasteiger partial charge < -0.3 is 14.4 Å². The van der Waals surface area contributed by atoms with Gasteiger partial charge in [0, 0.05) is 13.1 Å². The lowest BCUT2D eigenvalue weighted by atomic mass is 9.92. The van der Waals surface area contributed by atoms with Crippen LogP contribution in [0.2, 0.25) is 10.0 Å². The number of ether oxygens (including phenoxy) is 2. The first-order valence-electron chi connectivity index (χ1n) is 7.79. The molecule has 0 aliphatic carbocycles. The van der Waals surface area contributed by atoms with Crippen LogP contribution >= 0.6 is 23.2 Å². The van der Waals surface area contributed by atoms with Crippen molar-refractivity contribution < 1.29 is 19.1 Å². The summed E-state index contributed by atoms with van der Waals surface area (Å²) in [6.45, 7) is 5.33. The number of esters is 1. The van der Waals surface area contributed by atoms with Crippen molar-refractivity contribution in [2.75, 3.05) is 26.8 Å². The molecule has 1 amide bonds. The molecule has 1 aromatic rings. The third-order valence-electron chi connectivity index (χ3n) is 3.99. The van der Waals surface area contributed by atoms with Gasteiger partial charge in [0.15, 0.2) is 12.4 Å². The third-order valence-corrected chi connectivity index (χ3v) is 4.55. The smallest absolute Gasteiger partial charge is 0.338 e. The predicted octanol–water partition coefficient (Wildman–Crippen LogP) is 3.66. The molecule has 0 saturated carbocycles. The van der Waals surface area contributed by atoms with Crippen LogP contribution < -0.4 is 4.74 Å². The first-order valence-corrected chi connectivity index (χ1v) is 8.55. The van der Waals surface area contributed by atoms with Crippen molar-refractivity contribution in [2.24, 2.45) is 11.8 Å². The topological polar surface area (TPSA) is 55.8 Å². The molecule has 0 unspecified atom stereocenters. The molecule has 0 spiro atoms. The third kappa shape index (κ3) is 4.54. The maximum atomic E-state index is 12.2. The first kappa shape index (κ1) is 18.9. The SMILES string of the molecule is COc1c(Cl)cc(C(=O)OCC(=O)N2C[C@H](C)C[C@@H](C)C2)cc1Cl. The van der Waals surface area contributed by atoms with Crippen LogP contribution in [0.15, 0.2) is 12.1 Å². The van der Waals surface area contributed by atoms with Crippen LogP contribution in [0.25, 0.3) is 0 Å². The van der Waals surface area contributed by atoms with Crippen LogP contribution in [-0.2, 0) is 9.53 Å². The largest absolute Gasteiger partial charge is 0.494 e. The highest BCUT2D eigenvalue weighted by atomic mass is 35.5. The van der Waals surface area contributed by atoms with E-state index in [9.17, 15) is 9.59 Å². The van der Waals surface area contributed by atoms with E-state index in [1.165, 1.54) is 19.2 Å². The summed E-state index contributed by atoms with van der Waals surface area (Å²) >= 11 is 12.0. The summed E-state index contributed by atoms with van der Waals surface area (Å²) in [4.78, 5) is 26.1. The summed E-state index contributed by atoms with van der Waals surface area (Å²) in [5.74, 6) is 0.364. The molecule has 7 heteroatoms. The fourth-order valence-corrected chi connectivity index (χ4v) is 3.68. The number of carbonyl (C=O) groups excluding carboxylic acids is 2. The Morgan fingerprint density at radius 2 is 1.71 bits per heavy atom. The fourth-order valence-electron chi connectivity index (χ4n) is 3.04. The summed E-state index contributed by atoms with van der Waals surface area (Å²) in [5.41, 5.74) is 0.180. The molecule has 5 nitrogen and oxygen atoms in total. The van der Waals surface area contributed by atoms with E-state index in [4.69, 9.17) is 32.7 Å². The Morgan fingerprint density at radius 1 is 1.17 bits per heavy atom. The van der Waals surface area contributed by atoms with Gasteiger partial charge >= 0.3 is 5.97 Å². The number of likely N-dealkylation sites (tertiary alicyclic amines) is 1. The highest BCUT2D eigenvalue weighted by molar-refractivity contribution is 6.37. The Balaban J connectivity index is 1.97. The molecule has 1 aromatic carbocycles. The van der Waals surface area contributed by atoms with Crippen LogP contribution in [0.3, 0.4) is 0 Å². The maximum Gasteiger partial charge on any atom is 0.338 e. The highest BCUT2D eigenvalue weighted by Crippen LogP contribution is 2.34. The minimum atomic E-state index is -0.645. The van der Waals surface area contributed by atoms with E-state index < -0.39 is 5.97 Å². The molecule has 2 atom stereocenters. The van der Waals surface area contributed by atoms with E-state index in [2.05, 4.69) is 13.8 Å². The number of hydrogen-bond acceptors (Lipinski definition) is 4. The van der Waals surface area contributed by atoms with Crippen molar-refractivity contribution in [3.8, 4) is 5.75 Å². The normalized spacial score (nSPS) is 20.6. The van der Waals surface area contributed by atoms with Gasteiger partial charge in [-0.1, -0.05) is 37.0 Å². The average Bonchev–Trinajstić information content (AvgIpc) is 2.50. The fraction of sp³-hybridized carbons (Fsp3) is 0.529. The molecule has 0 N–H and O–H groups in total. The van der Waals surface area contributed by atoms with Crippen LogP contribution in [0, 0.1) is 11.8 Å². The van der Waals surface area contributed by atoms with Gasteiger partial charge in [-0.3, -0.25) is 4.79 Å². The van der Waals surface area contributed by atoms with E-state index in [-0.39, 0.29) is 28.1 Å². The van der Waals surface area contributed by atoms with Crippen molar-refractivity contribution in [1.29, 1.82) is 0 Å². The number of halogens is 2. The van der Waals surface area contributed by atoms with Crippen molar-refractivity contribution >= 4 is 35.1 Å². The Hall–Kier alpha value is -1.46. The van der Waals surface area contributed by atoms with Gasteiger partial charge in [0.05, 0.1) is 22.7 Å². The lowest BCUT2D eigenvalue weighted by Gasteiger charge is -2.34. The second-order valence-corrected chi connectivity index (χ2v) is 7.11. The molecule has 24 heavy (non-hydrogen) atoms. The number of carbonyl (C=O) groups is 2. The van der Waals surface area contributed by atoms with E-state index in [0.717, 1.165) is 6.42 Å². The standard InChI is InChI=1S/C17H21Cl2NO4/c1-10-4-11(2)8-20(7-10)15(21)9-24-17(22)12-5-13(18)16(23-3)14(19)6-12/h5-6,10-11H,4,7-9H2,1-3H3/t10-,11-/m1/s1. The van der Waals surface area contributed by atoms with Crippen molar-refractivity contribution in [2.45, 2.75) is 20.3 Å². The van der Waals surface area contributed by atoms with Gasteiger partial charge in [-0.2, -0.15) is 0 Å². The van der Waals surface area contributed by atoms with Crippen LogP contribution in [-0.4, -0.2) is 43.6 Å². The summed E-state index contributed by atoms with van der Waals surface area (Å²) in [6, 6.07) is 2.81. The zero-order valence-corrected chi connectivity index (χ0v) is 15.5. The van der Waals surface area contributed by atoms with Gasteiger partial charge in [-0.25, -0.2) is 4.79 Å². The molecular weight excluding hydrogens is 353 g/mol. The van der Waals surface area contributed by atoms with Gasteiger partial charge in [0.25, 0.3) is 5.91 Å². The molecule has 0 radical (unpaired) electrons. The lowest BCUT2D eigenvalue weighted by Crippen LogP contribution is -2.44. The number of rotatable bonds is 4. The monoisotopic (exact) mass is 373 g/mol. The van der Waals surface area contributed by atoms with E-state index in [1.54, 1.807) is 4.90 Å². The number of hydrogen-bond donors (Lipinski definition) is 0. The number of benzene rings is 1. The minimum absolute atomic E-state index is 0.180. The zero-order chi connectivity index (χ0) is 17.9. The number of nitrogens with zero attached hydrogens (tertiary/aromatic N) is 1. The van der Waals surface area contributed by atoms with Crippen LogP contribution in [0.1, 0.15) is 30.6 Å². The maximum absolute atomic E-state index is 12.2. The summed E-state index contributed by atoms with van der Waals surface area (Å²) in [5, 5.41) is 0.420. The number of piperidine rings is 1. The Morgan fingerprint density at radius 3 is 2.21 bits per heavy atom. The molecule has 1 aliphatic rings. The Kier molecular flexibility index (Phi) is 6.35. The lowest BCUT2D eigenvalue weighted by molar-refractivity contribution is -0.137. The predicted molar refractivity (Wildman–Crippen MR) is 92.8 cm³/mol. The highest BCUT2D eigenvalue weighted by Gasteiger charge is 2.26. The Labute approximate surface area is 151 Å². The zero-order valence-electron chi connectivity index (χ0n) is 14.0. The van der Waals surface area contributed by atoms with Gasteiger partial charge in [-0.05, 0) is 30.4 Å². The first-order chi connectivity index (χ1) is 11.3. The van der Waals surface area contributed by atoms with E-state index in [1.807, 2.05) is 0 Å². The van der Waals surface area contributed by atoms with E-state index >= 15 is 0 Å². The second kappa shape index (κ2) is 8.08. The number of methoxy groups -OCH3 is 1. The molecule has 1 saturated heterocycles. The number of amides is 1. The minimum Gasteiger partial charge on any atom is -0.494 e. The molecular formula is C17H21Cl2NO4. The Bertz CT molecular complexity index is 602. The van der Waals surface area contributed by atoms with Crippen molar-refractivity contribution in [1.82, 2.24) is 4.90 Å². The molecule has 0 bridgehead atoms. The molecule has 1 fully saturated rings. The quantitative estimate of drug-likeness (QED) is 0.755. The average molecular weight is 374 g/mol. The second-order valence-electron chi connectivity index (χ2n) is 6.29. The van der Waals surface area contributed by atoms with Gasteiger partial charge in [0.1, 0.15) is 0 Å². The molecule has 132 valence electrons. The van der Waals surface area contributed by atoms with Crippen molar-refractivity contribution in [3.63, 3.8) is 0 Å². The van der Waals surface area contributed by atoms with E-state index in [0.29, 0.717) is 30.7 Å². The van der Waals surface area contributed by atoms with Crippen molar-refractivity contribution in [3.05, 3.63) is 27.7 Å². The van der Waals surface area contributed by atoms with Crippen LogP contribution in [0.5, 0.6) is 5.75 Å². The molecule has 2 rings (SSSR count). The van der Waals surface area contributed by atoms with Crippen LogP contribution in [0.4, 0.5) is 0 Å². The molecule has 0 aromatic heterocycles. The van der Waals surface area contributed by atoms with Gasteiger partial charge in [-0.15, -0.1) is 0 Å². The molecule has 1 heterocycles. The summed E-state index contributed by atoms with van der Waals surface area (Å²) in [7, 11) is 1.43. The van der Waals surface area contributed by atoms with Gasteiger partial charge in [0.2, 0.25) is 0 Å².